The summed E-state index contributed by atoms with van der Waals surface area (Å²) >= 11 is 0. The summed E-state index contributed by atoms with van der Waals surface area (Å²) in [6.45, 7) is 14.4. The largest absolute Gasteiger partial charge is 0.391 e. The molecule has 0 heterocycles. The highest BCUT2D eigenvalue weighted by molar-refractivity contribution is 6.71. The summed E-state index contributed by atoms with van der Waals surface area (Å²) < 4.78 is 12.1. The van der Waals surface area contributed by atoms with Crippen LogP contribution in [0.25, 0.3) is 0 Å². The van der Waals surface area contributed by atoms with E-state index in [4.69, 9.17) is 8.85 Å². The van der Waals surface area contributed by atoms with Gasteiger partial charge in [0.05, 0.1) is 0 Å². The van der Waals surface area contributed by atoms with Gasteiger partial charge in [-0.25, -0.2) is 0 Å². The van der Waals surface area contributed by atoms with E-state index in [-0.39, 0.29) is 0 Å². The summed E-state index contributed by atoms with van der Waals surface area (Å²) in [5, 5.41) is 0. The second-order valence-corrected chi connectivity index (χ2v) is 11.7. The highest BCUT2D eigenvalue weighted by atomic mass is 28.4. The Hall–Kier alpha value is -0.123. The predicted molar refractivity (Wildman–Crippen MR) is 123 cm³/mol. The Kier molecular flexibility index (Phi) is 19.1. The lowest BCUT2D eigenvalue weighted by Gasteiger charge is -2.24. The molecule has 0 rings (SSSR count). The van der Waals surface area contributed by atoms with Gasteiger partial charge in [-0.3, -0.25) is 0 Å². The van der Waals surface area contributed by atoms with Crippen LogP contribution in [0.5, 0.6) is 0 Å². The van der Waals surface area contributed by atoms with Crippen LogP contribution in [0.1, 0.15) is 117 Å². The van der Waals surface area contributed by atoms with Crippen LogP contribution in [0.2, 0.25) is 6.55 Å². The first-order chi connectivity index (χ1) is 13.0. The van der Waals surface area contributed by atoms with Gasteiger partial charge in [0.1, 0.15) is 0 Å². The molecule has 0 bridgehead atoms. The molecule has 0 aliphatic heterocycles. The van der Waals surface area contributed by atoms with Crippen molar-refractivity contribution in [2.75, 3.05) is 13.2 Å². The molecule has 27 heavy (non-hydrogen) atoms. The standard InChI is InChI=1S/C24H50O2Si/c1-6-8-9-10-11-12-13-14-15-16-17-18-19-20-22-25-27(5,7-2)26-23-21-24(3)4/h7,24H,2,6,8-23H2,1,3-5H3. The summed E-state index contributed by atoms with van der Waals surface area (Å²) in [7, 11) is -2.13. The van der Waals surface area contributed by atoms with Gasteiger partial charge in [-0.05, 0) is 31.0 Å². The van der Waals surface area contributed by atoms with Gasteiger partial charge in [0, 0.05) is 13.2 Å². The van der Waals surface area contributed by atoms with Crippen LogP contribution in [0.15, 0.2) is 12.3 Å². The third kappa shape index (κ3) is 19.0. The molecule has 1 atom stereocenters. The van der Waals surface area contributed by atoms with Gasteiger partial charge in [0.15, 0.2) is 0 Å². The van der Waals surface area contributed by atoms with Crippen molar-refractivity contribution in [1.82, 2.24) is 0 Å². The van der Waals surface area contributed by atoms with Gasteiger partial charge >= 0.3 is 8.56 Å². The first kappa shape index (κ1) is 26.9. The lowest BCUT2D eigenvalue weighted by Crippen LogP contribution is -2.37. The molecule has 0 aliphatic rings. The van der Waals surface area contributed by atoms with Crippen molar-refractivity contribution in [2.45, 2.75) is 124 Å². The third-order valence-corrected chi connectivity index (χ3v) is 7.64. The van der Waals surface area contributed by atoms with E-state index in [1.807, 2.05) is 5.70 Å². The maximum atomic E-state index is 6.07. The summed E-state index contributed by atoms with van der Waals surface area (Å²) in [5.74, 6) is 0.680. The van der Waals surface area contributed by atoms with Gasteiger partial charge in [-0.1, -0.05) is 104 Å². The first-order valence-corrected chi connectivity index (χ1v) is 14.3. The van der Waals surface area contributed by atoms with E-state index in [1.54, 1.807) is 0 Å². The Morgan fingerprint density at radius 1 is 0.704 bits per heavy atom. The molecule has 0 aliphatic carbocycles. The lowest BCUT2D eigenvalue weighted by molar-refractivity contribution is 0.173. The Morgan fingerprint density at radius 2 is 1.11 bits per heavy atom. The molecule has 3 heteroatoms. The van der Waals surface area contributed by atoms with Crippen molar-refractivity contribution in [2.24, 2.45) is 5.92 Å². The molecule has 0 radical (unpaired) electrons. The van der Waals surface area contributed by atoms with Gasteiger partial charge < -0.3 is 8.85 Å². The maximum absolute atomic E-state index is 6.07. The monoisotopic (exact) mass is 398 g/mol. The average molecular weight is 399 g/mol. The highest BCUT2D eigenvalue weighted by Gasteiger charge is 2.27. The molecule has 0 fully saturated rings. The number of unbranched alkanes of at least 4 members (excludes halogenated alkanes) is 13. The van der Waals surface area contributed by atoms with E-state index in [0.717, 1.165) is 26.1 Å². The molecule has 0 aromatic carbocycles. The fourth-order valence-electron chi connectivity index (χ4n) is 3.23. The topological polar surface area (TPSA) is 18.5 Å². The van der Waals surface area contributed by atoms with Crippen LogP contribution in [-0.2, 0) is 8.85 Å². The third-order valence-electron chi connectivity index (χ3n) is 5.34. The predicted octanol–water partition coefficient (Wildman–Crippen LogP) is 8.34. The Labute approximate surface area is 172 Å². The van der Waals surface area contributed by atoms with Crippen LogP contribution in [-0.4, -0.2) is 21.8 Å². The van der Waals surface area contributed by atoms with Gasteiger partial charge in [0.2, 0.25) is 0 Å². The molecule has 0 N–H and O–H groups in total. The van der Waals surface area contributed by atoms with Crippen molar-refractivity contribution in [3.8, 4) is 0 Å². The van der Waals surface area contributed by atoms with Crippen molar-refractivity contribution in [3.63, 3.8) is 0 Å². The quantitative estimate of drug-likeness (QED) is 0.143. The fourth-order valence-corrected chi connectivity index (χ4v) is 4.62. The van der Waals surface area contributed by atoms with Crippen molar-refractivity contribution in [3.05, 3.63) is 12.3 Å². The molecular formula is C24H50O2Si. The summed E-state index contributed by atoms with van der Waals surface area (Å²) in [6, 6.07) is 0. The molecule has 0 aromatic heterocycles. The summed E-state index contributed by atoms with van der Waals surface area (Å²) in [4.78, 5) is 0. The molecule has 0 saturated carbocycles. The molecule has 162 valence electrons. The smallest absolute Gasteiger partial charge is 0.361 e. The molecule has 0 aromatic rings. The lowest BCUT2D eigenvalue weighted by atomic mass is 10.0. The number of hydrogen-bond acceptors (Lipinski definition) is 2. The minimum atomic E-state index is -2.13. The van der Waals surface area contributed by atoms with Gasteiger partial charge in [-0.15, -0.1) is 6.58 Å². The van der Waals surface area contributed by atoms with Gasteiger partial charge in [-0.2, -0.15) is 0 Å². The highest BCUT2D eigenvalue weighted by Crippen LogP contribution is 2.15. The van der Waals surface area contributed by atoms with Crippen LogP contribution in [0.3, 0.4) is 0 Å². The zero-order valence-electron chi connectivity index (χ0n) is 19.2. The van der Waals surface area contributed by atoms with E-state index < -0.39 is 8.56 Å². The summed E-state index contributed by atoms with van der Waals surface area (Å²) in [5.41, 5.74) is 1.93. The fraction of sp³-hybridized carbons (Fsp3) is 0.917. The zero-order chi connectivity index (χ0) is 20.2. The van der Waals surface area contributed by atoms with Crippen LogP contribution < -0.4 is 0 Å². The minimum Gasteiger partial charge on any atom is -0.391 e. The number of rotatable bonds is 21. The van der Waals surface area contributed by atoms with Crippen LogP contribution in [0.4, 0.5) is 0 Å². The molecule has 1 unspecified atom stereocenters. The minimum absolute atomic E-state index is 0.680. The summed E-state index contributed by atoms with van der Waals surface area (Å²) in [6.07, 6.45) is 20.6. The van der Waals surface area contributed by atoms with Crippen LogP contribution >= 0.6 is 0 Å². The zero-order valence-corrected chi connectivity index (χ0v) is 20.2. The van der Waals surface area contributed by atoms with Crippen molar-refractivity contribution < 1.29 is 8.85 Å². The van der Waals surface area contributed by atoms with Crippen LogP contribution in [0, 0.1) is 5.92 Å². The Balaban J connectivity index is 3.37. The second-order valence-electron chi connectivity index (χ2n) is 8.70. The average Bonchev–Trinajstić information content (AvgIpc) is 2.64. The van der Waals surface area contributed by atoms with Gasteiger partial charge in [0.25, 0.3) is 0 Å². The first-order valence-electron chi connectivity index (χ1n) is 12.0. The molecule has 0 amide bonds. The van der Waals surface area contributed by atoms with E-state index in [0.29, 0.717) is 5.92 Å². The normalized spacial score (nSPS) is 13.8. The van der Waals surface area contributed by atoms with E-state index in [2.05, 4.69) is 33.9 Å². The Bertz CT molecular complexity index is 320. The van der Waals surface area contributed by atoms with E-state index in [9.17, 15) is 0 Å². The number of hydrogen-bond donors (Lipinski definition) is 0. The SMILES string of the molecule is C=C[Si](C)(OCCCCCCCCCCCCCCCC)OCCC(C)C. The molecule has 0 spiro atoms. The molecular weight excluding hydrogens is 348 g/mol. The maximum Gasteiger partial charge on any atom is 0.361 e. The second kappa shape index (κ2) is 19.2. The van der Waals surface area contributed by atoms with Crippen molar-refractivity contribution in [1.29, 1.82) is 0 Å². The van der Waals surface area contributed by atoms with E-state index >= 15 is 0 Å². The van der Waals surface area contributed by atoms with Crippen molar-refractivity contribution >= 4 is 8.56 Å². The molecule has 2 nitrogen and oxygen atoms in total. The molecule has 0 saturated heterocycles. The Morgan fingerprint density at radius 3 is 1.52 bits per heavy atom. The van der Waals surface area contributed by atoms with E-state index in [1.165, 1.54) is 83.5 Å².